The van der Waals surface area contributed by atoms with Gasteiger partial charge in [0.1, 0.15) is 0 Å². The first kappa shape index (κ1) is 23.7. The second-order valence-electron chi connectivity index (χ2n) is 11.8. The van der Waals surface area contributed by atoms with Gasteiger partial charge in [-0.15, -0.1) is 0 Å². The highest BCUT2D eigenvalue weighted by Gasteiger charge is 2.20. The SMILES string of the molecule is c1ccc(-n2c3ccc(-n4c5ccc6ccccc6c5c5c6ccccc6ccc54)cc3c3ccc4ccccc4c32)cc1. The van der Waals surface area contributed by atoms with Crippen LogP contribution >= 0.6 is 0 Å². The molecule has 0 amide bonds. The molecule has 0 aliphatic rings. The van der Waals surface area contributed by atoms with E-state index in [0.29, 0.717) is 0 Å². The van der Waals surface area contributed by atoms with E-state index in [-0.39, 0.29) is 0 Å². The third kappa shape index (κ3) is 3.14. The van der Waals surface area contributed by atoms with Crippen LogP contribution in [-0.4, -0.2) is 9.13 Å². The van der Waals surface area contributed by atoms with E-state index in [1.807, 2.05) is 0 Å². The molecule has 0 unspecified atom stereocenters. The van der Waals surface area contributed by atoms with Crippen LogP contribution in [0, 0.1) is 0 Å². The maximum atomic E-state index is 2.47. The Morgan fingerprint density at radius 3 is 1.48 bits per heavy atom. The summed E-state index contributed by atoms with van der Waals surface area (Å²) in [5.74, 6) is 0. The minimum atomic E-state index is 1.17. The monoisotopic (exact) mass is 558 g/mol. The maximum Gasteiger partial charge on any atom is 0.0619 e. The third-order valence-corrected chi connectivity index (χ3v) is 9.45. The molecule has 10 aromatic rings. The minimum Gasteiger partial charge on any atom is -0.309 e. The Morgan fingerprint density at radius 2 is 0.818 bits per heavy atom. The van der Waals surface area contributed by atoms with E-state index in [0.717, 1.165) is 0 Å². The van der Waals surface area contributed by atoms with Gasteiger partial charge in [-0.1, -0.05) is 115 Å². The molecule has 0 bridgehead atoms. The van der Waals surface area contributed by atoms with Crippen molar-refractivity contribution in [1.29, 1.82) is 0 Å². The lowest BCUT2D eigenvalue weighted by Crippen LogP contribution is -1.96. The predicted molar refractivity (Wildman–Crippen MR) is 188 cm³/mol. The fourth-order valence-corrected chi connectivity index (χ4v) is 7.58. The van der Waals surface area contributed by atoms with Gasteiger partial charge in [0.15, 0.2) is 0 Å². The molecule has 2 nitrogen and oxygen atoms in total. The fraction of sp³-hybridized carbons (Fsp3) is 0. The van der Waals surface area contributed by atoms with Gasteiger partial charge in [-0.3, -0.25) is 0 Å². The quantitative estimate of drug-likeness (QED) is 0.200. The molecule has 0 fully saturated rings. The lowest BCUT2D eigenvalue weighted by molar-refractivity contribution is 1.17. The van der Waals surface area contributed by atoms with Crippen LogP contribution in [0.15, 0.2) is 158 Å². The van der Waals surface area contributed by atoms with Crippen molar-refractivity contribution >= 4 is 75.9 Å². The molecule has 0 saturated heterocycles. The summed E-state index contributed by atoms with van der Waals surface area (Å²) in [5.41, 5.74) is 7.26. The zero-order valence-corrected chi connectivity index (χ0v) is 23.9. The molecule has 204 valence electrons. The first-order chi connectivity index (χ1) is 21.8. The standard InChI is InChI=1S/C42H26N2/c1-2-13-30(14-3-1)44-37-25-21-31(26-36(37)35-22-18-29-12-6-9-17-34(29)42(35)44)43-38-23-19-27-10-4-7-15-32(27)40(38)41-33-16-8-5-11-28(33)20-24-39(41)43/h1-26H. The molecule has 0 saturated carbocycles. The Kier molecular flexibility index (Phi) is 4.75. The van der Waals surface area contributed by atoms with Crippen molar-refractivity contribution in [3.8, 4) is 11.4 Å². The van der Waals surface area contributed by atoms with E-state index >= 15 is 0 Å². The predicted octanol–water partition coefficient (Wildman–Crippen LogP) is 11.3. The van der Waals surface area contributed by atoms with E-state index in [9.17, 15) is 0 Å². The summed E-state index contributed by atoms with van der Waals surface area (Å²) in [6.07, 6.45) is 0. The molecule has 0 spiro atoms. The van der Waals surface area contributed by atoms with E-state index < -0.39 is 0 Å². The van der Waals surface area contributed by atoms with Crippen LogP contribution in [0.1, 0.15) is 0 Å². The van der Waals surface area contributed by atoms with Gasteiger partial charge in [0.25, 0.3) is 0 Å². The largest absolute Gasteiger partial charge is 0.309 e. The van der Waals surface area contributed by atoms with Crippen LogP contribution in [-0.2, 0) is 0 Å². The van der Waals surface area contributed by atoms with Crippen molar-refractivity contribution in [3.05, 3.63) is 158 Å². The van der Waals surface area contributed by atoms with Crippen molar-refractivity contribution in [2.45, 2.75) is 0 Å². The van der Waals surface area contributed by atoms with E-state index in [1.165, 1.54) is 87.3 Å². The summed E-state index contributed by atoms with van der Waals surface area (Å²) in [4.78, 5) is 0. The number of rotatable bonds is 2. The van der Waals surface area contributed by atoms with Crippen molar-refractivity contribution < 1.29 is 0 Å². The van der Waals surface area contributed by atoms with E-state index in [4.69, 9.17) is 0 Å². The van der Waals surface area contributed by atoms with Gasteiger partial charge in [0.2, 0.25) is 0 Å². The Balaban J connectivity index is 1.37. The lowest BCUT2D eigenvalue weighted by atomic mass is 10.00. The molecule has 0 radical (unpaired) electrons. The number of aromatic nitrogens is 2. The van der Waals surface area contributed by atoms with Crippen molar-refractivity contribution in [2.75, 3.05) is 0 Å². The van der Waals surface area contributed by atoms with Gasteiger partial charge in [-0.2, -0.15) is 0 Å². The Morgan fingerprint density at radius 1 is 0.295 bits per heavy atom. The van der Waals surface area contributed by atoms with E-state index in [2.05, 4.69) is 167 Å². The molecule has 2 heterocycles. The fourth-order valence-electron chi connectivity index (χ4n) is 7.58. The average Bonchev–Trinajstić information content (AvgIpc) is 3.62. The maximum absolute atomic E-state index is 2.47. The van der Waals surface area contributed by atoms with Crippen molar-refractivity contribution in [1.82, 2.24) is 9.13 Å². The molecule has 2 aromatic heterocycles. The number of hydrogen-bond donors (Lipinski definition) is 0. The number of nitrogens with zero attached hydrogens (tertiary/aromatic N) is 2. The van der Waals surface area contributed by atoms with Gasteiger partial charge in [0.05, 0.1) is 22.1 Å². The molecule has 2 heteroatoms. The Hall–Kier alpha value is -5.86. The molecular weight excluding hydrogens is 532 g/mol. The molecule has 0 aliphatic carbocycles. The van der Waals surface area contributed by atoms with Gasteiger partial charge >= 0.3 is 0 Å². The highest BCUT2D eigenvalue weighted by atomic mass is 15.0. The molecule has 0 aliphatic heterocycles. The first-order valence-corrected chi connectivity index (χ1v) is 15.2. The van der Waals surface area contributed by atoms with Gasteiger partial charge in [-0.05, 0) is 69.4 Å². The molecule has 0 N–H and O–H groups in total. The van der Waals surface area contributed by atoms with Crippen LogP contribution in [0.3, 0.4) is 0 Å². The Bertz CT molecular complexity index is 2670. The van der Waals surface area contributed by atoms with Crippen LogP contribution in [0.25, 0.3) is 87.3 Å². The summed E-state index contributed by atoms with van der Waals surface area (Å²) in [5, 5.41) is 12.8. The number of para-hydroxylation sites is 1. The van der Waals surface area contributed by atoms with Crippen molar-refractivity contribution in [2.24, 2.45) is 0 Å². The summed E-state index contributed by atoms with van der Waals surface area (Å²) >= 11 is 0. The van der Waals surface area contributed by atoms with Gasteiger partial charge in [0, 0.05) is 38.3 Å². The molecule has 0 atom stereocenters. The molecule has 10 rings (SSSR count). The van der Waals surface area contributed by atoms with Crippen LogP contribution in [0.4, 0.5) is 0 Å². The zero-order chi connectivity index (χ0) is 28.8. The summed E-state index contributed by atoms with van der Waals surface area (Å²) in [6, 6.07) is 57.7. The van der Waals surface area contributed by atoms with Crippen LogP contribution in [0.2, 0.25) is 0 Å². The van der Waals surface area contributed by atoms with Crippen molar-refractivity contribution in [3.63, 3.8) is 0 Å². The number of hydrogen-bond acceptors (Lipinski definition) is 0. The van der Waals surface area contributed by atoms with Gasteiger partial charge < -0.3 is 9.13 Å². The molecule has 44 heavy (non-hydrogen) atoms. The average molecular weight is 559 g/mol. The summed E-state index contributed by atoms with van der Waals surface area (Å²) in [7, 11) is 0. The normalized spacial score (nSPS) is 12.1. The smallest absolute Gasteiger partial charge is 0.0619 e. The summed E-state index contributed by atoms with van der Waals surface area (Å²) < 4.78 is 4.90. The second kappa shape index (κ2) is 8.82. The number of fused-ring (bicyclic) bond motifs is 12. The minimum absolute atomic E-state index is 1.17. The zero-order valence-electron chi connectivity index (χ0n) is 23.9. The van der Waals surface area contributed by atoms with Crippen LogP contribution < -0.4 is 0 Å². The number of benzene rings is 8. The third-order valence-electron chi connectivity index (χ3n) is 9.45. The first-order valence-electron chi connectivity index (χ1n) is 15.2. The van der Waals surface area contributed by atoms with Gasteiger partial charge in [-0.25, -0.2) is 0 Å². The molecule has 8 aromatic carbocycles. The highest BCUT2D eigenvalue weighted by molar-refractivity contribution is 6.28. The molecular formula is C42H26N2. The lowest BCUT2D eigenvalue weighted by Gasteiger charge is -2.11. The van der Waals surface area contributed by atoms with E-state index in [1.54, 1.807) is 0 Å². The topological polar surface area (TPSA) is 9.86 Å². The summed E-state index contributed by atoms with van der Waals surface area (Å²) in [6.45, 7) is 0. The van der Waals surface area contributed by atoms with Crippen LogP contribution in [0.5, 0.6) is 0 Å². The second-order valence-corrected chi connectivity index (χ2v) is 11.8. The Labute approximate surface area is 253 Å². The highest BCUT2D eigenvalue weighted by Crippen LogP contribution is 2.42.